The van der Waals surface area contributed by atoms with Gasteiger partial charge in [-0.2, -0.15) is 0 Å². The van der Waals surface area contributed by atoms with E-state index in [1.807, 2.05) is 12.1 Å². The van der Waals surface area contributed by atoms with Crippen LogP contribution in [0.4, 0.5) is 17.1 Å². The molecule has 3 nitrogen and oxygen atoms in total. The predicted molar refractivity (Wildman–Crippen MR) is 282 cm³/mol. The number of nitrogens with zero attached hydrogens (tertiary/aromatic N) is 2. The SMILES string of the molecule is c1ccc(-c2ccc(-c3ccc(N(c4ccc(-c5cccc6c5oc5ccccc56)cc4)c4ccccc4-c4cccc5ccccc45)cc3)c(-n3c4ccccc4c4ccccc43)c2)cc1. The number of fused-ring (bicyclic) bond motifs is 7. The smallest absolute Gasteiger partial charge is 0.143 e. The first-order valence-electron chi connectivity index (χ1n) is 22.9. The molecule has 13 aromatic rings. The number of benzene rings is 11. The van der Waals surface area contributed by atoms with Crippen LogP contribution in [0.1, 0.15) is 0 Å². The summed E-state index contributed by atoms with van der Waals surface area (Å²) in [6, 6.07) is 92.0. The summed E-state index contributed by atoms with van der Waals surface area (Å²) >= 11 is 0. The zero-order chi connectivity index (χ0) is 44.3. The minimum atomic E-state index is 0.899. The van der Waals surface area contributed by atoms with Crippen LogP contribution >= 0.6 is 0 Å². The molecule has 0 fully saturated rings. The molecule has 0 radical (unpaired) electrons. The Balaban J connectivity index is 0.976. The monoisotopic (exact) mass is 854 g/mol. The molecule has 2 heterocycles. The fourth-order valence-corrected chi connectivity index (χ4v) is 10.3. The minimum absolute atomic E-state index is 0.899. The Morgan fingerprint density at radius 1 is 0.313 bits per heavy atom. The lowest BCUT2D eigenvalue weighted by Crippen LogP contribution is -2.11. The van der Waals surface area contributed by atoms with Gasteiger partial charge in [-0.05, 0) is 93.2 Å². The third-order valence-electron chi connectivity index (χ3n) is 13.4. The fourth-order valence-electron chi connectivity index (χ4n) is 10.3. The highest BCUT2D eigenvalue weighted by Gasteiger charge is 2.21. The van der Waals surface area contributed by atoms with Crippen LogP contribution in [-0.4, -0.2) is 4.57 Å². The Kier molecular flexibility index (Phi) is 9.17. The van der Waals surface area contributed by atoms with Crippen LogP contribution in [0.3, 0.4) is 0 Å². The van der Waals surface area contributed by atoms with Gasteiger partial charge >= 0.3 is 0 Å². The molecule has 0 unspecified atom stereocenters. The van der Waals surface area contributed by atoms with Crippen molar-refractivity contribution in [3.8, 4) is 50.2 Å². The summed E-state index contributed by atoms with van der Waals surface area (Å²) in [7, 11) is 0. The molecular weight excluding hydrogens is 813 g/mol. The van der Waals surface area contributed by atoms with Gasteiger partial charge in [-0.1, -0.05) is 200 Å². The molecule has 0 spiro atoms. The number of aromatic nitrogens is 1. The van der Waals surface area contributed by atoms with Crippen molar-refractivity contribution in [1.29, 1.82) is 0 Å². The molecule has 0 aliphatic carbocycles. The van der Waals surface area contributed by atoms with Crippen LogP contribution in [0, 0.1) is 0 Å². The topological polar surface area (TPSA) is 21.3 Å². The molecule has 0 amide bonds. The second-order valence-electron chi connectivity index (χ2n) is 17.2. The lowest BCUT2D eigenvalue weighted by Gasteiger charge is -2.28. The van der Waals surface area contributed by atoms with Crippen LogP contribution < -0.4 is 4.90 Å². The average Bonchev–Trinajstić information content (AvgIpc) is 3.95. The first-order valence-corrected chi connectivity index (χ1v) is 22.9. The van der Waals surface area contributed by atoms with Crippen molar-refractivity contribution in [2.24, 2.45) is 0 Å². The summed E-state index contributed by atoms with van der Waals surface area (Å²) in [4.78, 5) is 2.40. The molecule has 13 rings (SSSR count). The van der Waals surface area contributed by atoms with Gasteiger partial charge in [-0.3, -0.25) is 0 Å². The first-order chi connectivity index (χ1) is 33.2. The van der Waals surface area contributed by atoms with Crippen molar-refractivity contribution in [2.75, 3.05) is 4.90 Å². The number of furan rings is 1. The molecular formula is C64H42N2O. The molecule has 0 aliphatic heterocycles. The number of rotatable bonds is 8. The average molecular weight is 855 g/mol. The maximum atomic E-state index is 6.49. The molecule has 0 saturated heterocycles. The van der Waals surface area contributed by atoms with Gasteiger partial charge in [0.2, 0.25) is 0 Å². The fraction of sp³-hybridized carbons (Fsp3) is 0. The third kappa shape index (κ3) is 6.51. The quantitative estimate of drug-likeness (QED) is 0.152. The van der Waals surface area contributed by atoms with Crippen LogP contribution in [0.2, 0.25) is 0 Å². The van der Waals surface area contributed by atoms with E-state index in [2.05, 4.69) is 252 Å². The molecule has 67 heavy (non-hydrogen) atoms. The second-order valence-corrected chi connectivity index (χ2v) is 17.2. The van der Waals surface area contributed by atoms with Crippen molar-refractivity contribution in [2.45, 2.75) is 0 Å². The van der Waals surface area contributed by atoms with E-state index < -0.39 is 0 Å². The summed E-state index contributed by atoms with van der Waals surface area (Å²) in [5, 5.41) is 7.17. The lowest BCUT2D eigenvalue weighted by atomic mass is 9.95. The van der Waals surface area contributed by atoms with E-state index in [0.29, 0.717) is 0 Å². The molecule has 0 saturated carbocycles. The molecule has 2 aromatic heterocycles. The Bertz CT molecular complexity index is 3910. The van der Waals surface area contributed by atoms with Crippen molar-refractivity contribution in [3.63, 3.8) is 0 Å². The molecule has 0 N–H and O–H groups in total. The van der Waals surface area contributed by atoms with Gasteiger partial charge < -0.3 is 13.9 Å². The minimum Gasteiger partial charge on any atom is -0.455 e. The van der Waals surface area contributed by atoms with E-state index in [9.17, 15) is 0 Å². The van der Waals surface area contributed by atoms with Crippen LogP contribution in [0.5, 0.6) is 0 Å². The predicted octanol–water partition coefficient (Wildman–Crippen LogP) is 18.0. The standard InChI is InChI=1S/C64H42N2O/c1-2-16-43(17-3-1)47-36-41-51(62(42-47)66-60-29-11-7-22-55(60)56-23-8-12-30-61(56)66)45-32-37-48(38-33-45)65(59-28-10-6-21-54(59)53-26-14-19-44-18-4-5-20-50(44)53)49-39-34-46(35-40-49)52-25-15-27-58-57-24-9-13-31-63(57)67-64(52)58/h1-42H. The van der Waals surface area contributed by atoms with Gasteiger partial charge in [0.25, 0.3) is 0 Å². The molecule has 3 heteroatoms. The number of anilines is 3. The second kappa shape index (κ2) is 16.0. The Labute approximate surface area is 388 Å². The highest BCUT2D eigenvalue weighted by atomic mass is 16.3. The summed E-state index contributed by atoms with van der Waals surface area (Å²) in [6.45, 7) is 0. The third-order valence-corrected chi connectivity index (χ3v) is 13.4. The van der Waals surface area contributed by atoms with Gasteiger partial charge in [0.05, 0.1) is 22.4 Å². The highest BCUT2D eigenvalue weighted by Crippen LogP contribution is 2.45. The highest BCUT2D eigenvalue weighted by molar-refractivity contribution is 6.11. The van der Waals surface area contributed by atoms with E-state index in [1.54, 1.807) is 0 Å². The zero-order valence-electron chi connectivity index (χ0n) is 36.6. The lowest BCUT2D eigenvalue weighted by molar-refractivity contribution is 0.670. The normalized spacial score (nSPS) is 11.6. The summed E-state index contributed by atoms with van der Waals surface area (Å²) in [5.74, 6) is 0. The summed E-state index contributed by atoms with van der Waals surface area (Å²) in [5.41, 5.74) is 17.7. The molecule has 11 aromatic carbocycles. The number of para-hydroxylation sites is 5. The van der Waals surface area contributed by atoms with Gasteiger partial charge in [-0.25, -0.2) is 0 Å². The van der Waals surface area contributed by atoms with E-state index in [4.69, 9.17) is 4.42 Å². The van der Waals surface area contributed by atoms with Crippen molar-refractivity contribution >= 4 is 71.6 Å². The molecule has 0 aliphatic rings. The number of hydrogen-bond donors (Lipinski definition) is 0. The van der Waals surface area contributed by atoms with E-state index in [-0.39, 0.29) is 0 Å². The van der Waals surface area contributed by atoms with Crippen LogP contribution in [-0.2, 0) is 0 Å². The van der Waals surface area contributed by atoms with Crippen LogP contribution in [0.25, 0.3) is 105 Å². The summed E-state index contributed by atoms with van der Waals surface area (Å²) < 4.78 is 8.94. The molecule has 314 valence electrons. The van der Waals surface area contributed by atoms with E-state index in [0.717, 1.165) is 72.5 Å². The maximum absolute atomic E-state index is 6.49. The number of hydrogen-bond acceptors (Lipinski definition) is 2. The maximum Gasteiger partial charge on any atom is 0.143 e. The van der Waals surface area contributed by atoms with Crippen molar-refractivity contribution in [1.82, 2.24) is 4.57 Å². The van der Waals surface area contributed by atoms with Gasteiger partial charge in [-0.15, -0.1) is 0 Å². The van der Waals surface area contributed by atoms with E-state index in [1.165, 1.54) is 49.3 Å². The summed E-state index contributed by atoms with van der Waals surface area (Å²) in [6.07, 6.45) is 0. The van der Waals surface area contributed by atoms with Gasteiger partial charge in [0, 0.05) is 49.6 Å². The van der Waals surface area contributed by atoms with Crippen molar-refractivity contribution < 1.29 is 4.42 Å². The molecule has 0 bridgehead atoms. The van der Waals surface area contributed by atoms with E-state index >= 15 is 0 Å². The first kappa shape index (κ1) is 38.5. The Morgan fingerprint density at radius 3 is 1.58 bits per heavy atom. The van der Waals surface area contributed by atoms with Gasteiger partial charge in [0.1, 0.15) is 11.2 Å². The Morgan fingerprint density at radius 2 is 0.836 bits per heavy atom. The van der Waals surface area contributed by atoms with Crippen molar-refractivity contribution in [3.05, 3.63) is 255 Å². The van der Waals surface area contributed by atoms with Crippen LogP contribution in [0.15, 0.2) is 259 Å². The van der Waals surface area contributed by atoms with Gasteiger partial charge in [0.15, 0.2) is 0 Å². The molecule has 0 atom stereocenters. The zero-order valence-corrected chi connectivity index (χ0v) is 36.6. The Hall–Kier alpha value is -8.92. The largest absolute Gasteiger partial charge is 0.455 e.